The zero-order chi connectivity index (χ0) is 18.1. The van der Waals surface area contributed by atoms with Gasteiger partial charge in [0, 0.05) is 25.7 Å². The van der Waals surface area contributed by atoms with Crippen LogP contribution in [0.5, 0.6) is 0 Å². The maximum Gasteiger partial charge on any atom is 0.415 e. The number of fused-ring (bicyclic) bond motifs is 1. The van der Waals surface area contributed by atoms with E-state index in [-0.39, 0.29) is 23.8 Å². The highest BCUT2D eigenvalue weighted by atomic mass is 16.6. The van der Waals surface area contributed by atoms with Crippen molar-refractivity contribution in [2.24, 2.45) is 10.9 Å². The first kappa shape index (κ1) is 17.5. The summed E-state index contributed by atoms with van der Waals surface area (Å²) in [5, 5.41) is 2.70. The highest BCUT2D eigenvalue weighted by molar-refractivity contribution is 6.01. The van der Waals surface area contributed by atoms with Crippen LogP contribution >= 0.6 is 0 Å². The Morgan fingerprint density at radius 3 is 2.76 bits per heavy atom. The van der Waals surface area contributed by atoms with Gasteiger partial charge in [-0.05, 0) is 33.0 Å². The second-order valence-corrected chi connectivity index (χ2v) is 6.66. The second-order valence-electron chi connectivity index (χ2n) is 6.66. The number of amides is 2. The molecular formula is C17H24N4O4. The lowest BCUT2D eigenvalue weighted by atomic mass is 9.91. The molecule has 136 valence electrons. The fourth-order valence-corrected chi connectivity index (χ4v) is 3.37. The van der Waals surface area contributed by atoms with Crippen LogP contribution in [0.1, 0.15) is 13.8 Å². The van der Waals surface area contributed by atoms with E-state index >= 15 is 0 Å². The summed E-state index contributed by atoms with van der Waals surface area (Å²) in [6, 6.07) is -0.280. The van der Waals surface area contributed by atoms with Crippen LogP contribution in [0, 0.1) is 5.92 Å². The Bertz CT molecular complexity index is 670. The third kappa shape index (κ3) is 3.53. The van der Waals surface area contributed by atoms with Crippen LogP contribution in [-0.2, 0) is 14.3 Å². The number of ether oxygens (including phenoxy) is 2. The van der Waals surface area contributed by atoms with Gasteiger partial charge in [0.15, 0.2) is 11.5 Å². The zero-order valence-corrected chi connectivity index (χ0v) is 15.0. The number of nitrogens with zero attached hydrogens (tertiary/aromatic N) is 3. The van der Waals surface area contributed by atoms with Gasteiger partial charge >= 0.3 is 6.09 Å². The number of hydrogen-bond acceptors (Lipinski definition) is 6. The predicted molar refractivity (Wildman–Crippen MR) is 91.9 cm³/mol. The van der Waals surface area contributed by atoms with Crippen molar-refractivity contribution in [1.29, 1.82) is 0 Å². The lowest BCUT2D eigenvalue weighted by Gasteiger charge is -2.37. The monoisotopic (exact) mass is 348 g/mol. The lowest BCUT2D eigenvalue weighted by Crippen LogP contribution is -2.53. The highest BCUT2D eigenvalue weighted by Gasteiger charge is 2.36. The summed E-state index contributed by atoms with van der Waals surface area (Å²) in [6.45, 7) is 5.92. The van der Waals surface area contributed by atoms with Crippen molar-refractivity contribution in [3.63, 3.8) is 0 Å². The molecule has 1 N–H and O–H groups in total. The molecule has 0 radical (unpaired) electrons. The third-order valence-corrected chi connectivity index (χ3v) is 4.70. The average Bonchev–Trinajstić information content (AvgIpc) is 2.54. The molecule has 0 saturated carbocycles. The molecule has 1 fully saturated rings. The van der Waals surface area contributed by atoms with Crippen LogP contribution in [0.4, 0.5) is 4.79 Å². The normalized spacial score (nSPS) is 29.8. The zero-order valence-electron chi connectivity index (χ0n) is 15.0. The molecule has 0 aromatic heterocycles. The maximum absolute atomic E-state index is 12.6. The molecular weight excluding hydrogens is 324 g/mol. The number of carbonyl (C=O) groups excluding carboxylic acids is 2. The highest BCUT2D eigenvalue weighted by Crippen LogP contribution is 2.29. The Morgan fingerprint density at radius 1 is 1.32 bits per heavy atom. The molecule has 3 rings (SSSR count). The number of piperazine rings is 1. The molecule has 1 saturated heterocycles. The quantitative estimate of drug-likeness (QED) is 0.795. The fourth-order valence-electron chi connectivity index (χ4n) is 3.37. The summed E-state index contributed by atoms with van der Waals surface area (Å²) in [6.07, 6.45) is 2.92. The van der Waals surface area contributed by atoms with E-state index < -0.39 is 12.0 Å². The molecule has 8 nitrogen and oxygen atoms in total. The number of carbonyl (C=O) groups is 2. The molecule has 3 aliphatic rings. The van der Waals surface area contributed by atoms with E-state index in [2.05, 4.69) is 15.2 Å². The lowest BCUT2D eigenvalue weighted by molar-refractivity contribution is -0.122. The van der Waals surface area contributed by atoms with Crippen molar-refractivity contribution in [3.8, 4) is 0 Å². The van der Waals surface area contributed by atoms with E-state index in [1.165, 1.54) is 7.11 Å². The van der Waals surface area contributed by atoms with Gasteiger partial charge in [0.2, 0.25) is 5.91 Å². The molecule has 1 aliphatic carbocycles. The van der Waals surface area contributed by atoms with Gasteiger partial charge in [-0.3, -0.25) is 9.79 Å². The average molecular weight is 348 g/mol. The predicted octanol–water partition coefficient (Wildman–Crippen LogP) is 0.720. The standard InChI is InChI=1S/C17H24N4O4/c1-10-9-20(3)5-6-21(10)17(23)25-15-7-12-13(8-14(15)24-4)18-11(2)19-16(12)22/h7-8,10,12-13H,5-6,9H2,1-4H3,(H,18,19,22). The molecule has 0 aromatic carbocycles. The number of rotatable bonds is 2. The van der Waals surface area contributed by atoms with Gasteiger partial charge in [-0.15, -0.1) is 0 Å². The Hall–Kier alpha value is -2.35. The van der Waals surface area contributed by atoms with Gasteiger partial charge < -0.3 is 24.6 Å². The summed E-state index contributed by atoms with van der Waals surface area (Å²) in [7, 11) is 3.53. The number of hydrogen-bond donors (Lipinski definition) is 1. The Balaban J connectivity index is 1.77. The van der Waals surface area contributed by atoms with Crippen LogP contribution in [0.25, 0.3) is 0 Å². The maximum atomic E-state index is 12.6. The van der Waals surface area contributed by atoms with Crippen LogP contribution in [-0.4, -0.2) is 73.5 Å². The summed E-state index contributed by atoms with van der Waals surface area (Å²) in [5.74, 6) is 0.589. The van der Waals surface area contributed by atoms with Gasteiger partial charge in [-0.1, -0.05) is 0 Å². The largest absolute Gasteiger partial charge is 0.493 e. The van der Waals surface area contributed by atoms with E-state index in [9.17, 15) is 9.59 Å². The topological polar surface area (TPSA) is 83.5 Å². The molecule has 2 heterocycles. The minimum Gasteiger partial charge on any atom is -0.493 e. The smallest absolute Gasteiger partial charge is 0.415 e. The molecule has 2 amide bonds. The summed E-state index contributed by atoms with van der Waals surface area (Å²) in [4.78, 5) is 33.0. The molecule has 3 unspecified atom stereocenters. The second kappa shape index (κ2) is 6.87. The Labute approximate surface area is 147 Å². The molecule has 0 spiro atoms. The van der Waals surface area contributed by atoms with Gasteiger partial charge in [-0.25, -0.2) is 4.79 Å². The van der Waals surface area contributed by atoms with Crippen molar-refractivity contribution in [3.05, 3.63) is 23.7 Å². The van der Waals surface area contributed by atoms with Crippen molar-refractivity contribution >= 4 is 17.8 Å². The van der Waals surface area contributed by atoms with Gasteiger partial charge in [-0.2, -0.15) is 0 Å². The minimum atomic E-state index is -0.504. The van der Waals surface area contributed by atoms with Crippen LogP contribution in [0.3, 0.4) is 0 Å². The molecule has 25 heavy (non-hydrogen) atoms. The Kier molecular flexibility index (Phi) is 4.80. The summed E-state index contributed by atoms with van der Waals surface area (Å²) >= 11 is 0. The molecule has 2 aliphatic heterocycles. The van der Waals surface area contributed by atoms with Crippen LogP contribution in [0.15, 0.2) is 28.7 Å². The van der Waals surface area contributed by atoms with Crippen LogP contribution < -0.4 is 5.32 Å². The Morgan fingerprint density at radius 2 is 2.08 bits per heavy atom. The molecule has 0 aromatic rings. The van der Waals surface area contributed by atoms with Crippen molar-refractivity contribution in [1.82, 2.24) is 15.1 Å². The van der Waals surface area contributed by atoms with Crippen LogP contribution in [0.2, 0.25) is 0 Å². The van der Waals surface area contributed by atoms with E-state index in [1.807, 2.05) is 14.0 Å². The van der Waals surface area contributed by atoms with Crippen molar-refractivity contribution in [2.45, 2.75) is 25.9 Å². The van der Waals surface area contributed by atoms with E-state index in [1.54, 1.807) is 24.0 Å². The van der Waals surface area contributed by atoms with Gasteiger partial charge in [0.1, 0.15) is 5.84 Å². The first-order valence-corrected chi connectivity index (χ1v) is 8.39. The van der Waals surface area contributed by atoms with E-state index in [0.717, 1.165) is 13.1 Å². The third-order valence-electron chi connectivity index (χ3n) is 4.70. The number of amidine groups is 1. The fraction of sp³-hybridized carbons (Fsp3) is 0.588. The number of likely N-dealkylation sites (N-methyl/N-ethyl adjacent to an activating group) is 1. The number of aliphatic imine (C=N–C) groups is 1. The molecule has 8 heteroatoms. The van der Waals surface area contributed by atoms with Gasteiger partial charge in [0.25, 0.3) is 0 Å². The summed E-state index contributed by atoms with van der Waals surface area (Å²) < 4.78 is 10.9. The summed E-state index contributed by atoms with van der Waals surface area (Å²) in [5.41, 5.74) is 0. The first-order valence-electron chi connectivity index (χ1n) is 8.39. The van der Waals surface area contributed by atoms with Gasteiger partial charge in [0.05, 0.1) is 19.1 Å². The van der Waals surface area contributed by atoms with Crippen molar-refractivity contribution < 1.29 is 19.1 Å². The van der Waals surface area contributed by atoms with E-state index in [0.29, 0.717) is 18.1 Å². The molecule has 3 atom stereocenters. The number of methoxy groups -OCH3 is 1. The SMILES string of the molecule is COC1=CC2N=C(C)NC(=O)C2C=C1OC(=O)N1CCN(C)CC1C. The number of nitrogens with one attached hydrogen (secondary N) is 1. The molecule has 0 bridgehead atoms. The van der Waals surface area contributed by atoms with E-state index in [4.69, 9.17) is 9.47 Å². The minimum absolute atomic E-state index is 0.0587. The first-order chi connectivity index (χ1) is 11.9. The van der Waals surface area contributed by atoms with Crippen molar-refractivity contribution in [2.75, 3.05) is 33.8 Å².